The third kappa shape index (κ3) is 3.36. The normalized spacial score (nSPS) is 28.7. The Bertz CT molecular complexity index is 406. The highest BCUT2D eigenvalue weighted by Crippen LogP contribution is 2.36. The summed E-state index contributed by atoms with van der Waals surface area (Å²) in [5.41, 5.74) is 1.72. The van der Waals surface area contributed by atoms with Gasteiger partial charge in [0.2, 0.25) is 0 Å². The summed E-state index contributed by atoms with van der Waals surface area (Å²) in [7, 11) is 0. The van der Waals surface area contributed by atoms with Gasteiger partial charge in [0.1, 0.15) is 0 Å². The van der Waals surface area contributed by atoms with E-state index in [1.54, 1.807) is 0 Å². The molecule has 0 saturated carbocycles. The number of likely N-dealkylation sites (tertiary alicyclic amines) is 1. The molecular weight excluding hydrogens is 302 g/mol. The number of pyridine rings is 1. The summed E-state index contributed by atoms with van der Waals surface area (Å²) in [5, 5.41) is 3.59. The van der Waals surface area contributed by atoms with Gasteiger partial charge in [-0.3, -0.25) is 9.88 Å². The number of piperidine rings is 2. The number of hydrogen-bond donors (Lipinski definition) is 1. The van der Waals surface area contributed by atoms with Crippen molar-refractivity contribution in [2.45, 2.75) is 32.2 Å². The van der Waals surface area contributed by atoms with E-state index >= 15 is 0 Å². The van der Waals surface area contributed by atoms with Crippen LogP contribution in [0.1, 0.15) is 31.4 Å². The van der Waals surface area contributed by atoms with E-state index in [0.717, 1.165) is 11.0 Å². The third-order valence-electron chi connectivity index (χ3n) is 4.48. The van der Waals surface area contributed by atoms with Gasteiger partial charge in [-0.1, -0.05) is 0 Å². The van der Waals surface area contributed by atoms with E-state index in [4.69, 9.17) is 0 Å². The van der Waals surface area contributed by atoms with Crippen molar-refractivity contribution >= 4 is 15.9 Å². The summed E-state index contributed by atoms with van der Waals surface area (Å²) in [5.74, 6) is 0. The lowest BCUT2D eigenvalue weighted by Gasteiger charge is -2.45. The van der Waals surface area contributed by atoms with Crippen LogP contribution in [0, 0.1) is 5.41 Å². The molecule has 104 valence electrons. The smallest absolute Gasteiger partial charge is 0.0544 e. The molecule has 0 aliphatic carbocycles. The van der Waals surface area contributed by atoms with Gasteiger partial charge in [0.15, 0.2) is 0 Å². The SMILES string of the molecule is Brc1ccc(CN2CCCC3(CCCNC3)C2)nc1. The standard InChI is InChI=1S/C15H22BrN3/c16-13-3-4-14(18-9-13)10-19-8-2-6-15(12-19)5-1-7-17-11-15/h3-4,9,17H,1-2,5-8,10-12H2. The van der Waals surface area contributed by atoms with Crippen LogP contribution in [0.4, 0.5) is 0 Å². The summed E-state index contributed by atoms with van der Waals surface area (Å²) in [6, 6.07) is 4.22. The highest BCUT2D eigenvalue weighted by molar-refractivity contribution is 9.10. The molecule has 1 aromatic heterocycles. The summed E-state index contributed by atoms with van der Waals surface area (Å²) in [6.45, 7) is 5.86. The Morgan fingerprint density at radius 2 is 2.21 bits per heavy atom. The van der Waals surface area contributed by atoms with Crippen LogP contribution in [0.3, 0.4) is 0 Å². The maximum atomic E-state index is 4.50. The molecule has 0 amide bonds. The van der Waals surface area contributed by atoms with Crippen LogP contribution in [0.2, 0.25) is 0 Å². The molecule has 2 fully saturated rings. The second kappa shape index (κ2) is 5.90. The largest absolute Gasteiger partial charge is 0.316 e. The minimum atomic E-state index is 0.534. The topological polar surface area (TPSA) is 28.2 Å². The highest BCUT2D eigenvalue weighted by Gasteiger charge is 2.36. The molecule has 1 unspecified atom stereocenters. The van der Waals surface area contributed by atoms with Gasteiger partial charge < -0.3 is 5.32 Å². The Kier molecular flexibility index (Phi) is 4.20. The molecule has 1 aromatic rings. The Balaban J connectivity index is 1.63. The molecule has 19 heavy (non-hydrogen) atoms. The van der Waals surface area contributed by atoms with E-state index in [0.29, 0.717) is 5.41 Å². The van der Waals surface area contributed by atoms with Gasteiger partial charge in [0.25, 0.3) is 0 Å². The molecular formula is C15H22BrN3. The minimum absolute atomic E-state index is 0.534. The van der Waals surface area contributed by atoms with E-state index < -0.39 is 0 Å². The van der Waals surface area contributed by atoms with Gasteiger partial charge in [0, 0.05) is 30.3 Å². The van der Waals surface area contributed by atoms with Crippen molar-refractivity contribution in [2.75, 3.05) is 26.2 Å². The van der Waals surface area contributed by atoms with Crippen molar-refractivity contribution in [3.63, 3.8) is 0 Å². The summed E-state index contributed by atoms with van der Waals surface area (Å²) < 4.78 is 1.06. The van der Waals surface area contributed by atoms with Crippen LogP contribution in [0.15, 0.2) is 22.8 Å². The van der Waals surface area contributed by atoms with E-state index in [1.807, 2.05) is 6.20 Å². The van der Waals surface area contributed by atoms with Crippen molar-refractivity contribution in [3.8, 4) is 0 Å². The fourth-order valence-electron chi connectivity index (χ4n) is 3.55. The van der Waals surface area contributed by atoms with Crippen LogP contribution < -0.4 is 5.32 Å². The molecule has 2 aliphatic rings. The molecule has 3 nitrogen and oxygen atoms in total. The van der Waals surface area contributed by atoms with Gasteiger partial charge in [-0.25, -0.2) is 0 Å². The van der Waals surface area contributed by atoms with Crippen LogP contribution >= 0.6 is 15.9 Å². The zero-order chi connectivity index (χ0) is 13.1. The Morgan fingerprint density at radius 3 is 2.95 bits per heavy atom. The van der Waals surface area contributed by atoms with Gasteiger partial charge in [0.05, 0.1) is 5.69 Å². The number of aromatic nitrogens is 1. The van der Waals surface area contributed by atoms with Gasteiger partial charge in [-0.15, -0.1) is 0 Å². The summed E-state index contributed by atoms with van der Waals surface area (Å²) in [6.07, 6.45) is 7.36. The number of nitrogens with zero attached hydrogens (tertiary/aromatic N) is 2. The van der Waals surface area contributed by atoms with Crippen LogP contribution in [-0.4, -0.2) is 36.1 Å². The molecule has 0 radical (unpaired) electrons. The molecule has 3 rings (SSSR count). The molecule has 1 N–H and O–H groups in total. The fraction of sp³-hybridized carbons (Fsp3) is 0.667. The molecule has 1 spiro atoms. The summed E-state index contributed by atoms with van der Waals surface area (Å²) >= 11 is 3.44. The van der Waals surface area contributed by atoms with Gasteiger partial charge in [-0.05, 0) is 72.3 Å². The van der Waals surface area contributed by atoms with Crippen LogP contribution in [-0.2, 0) is 6.54 Å². The van der Waals surface area contributed by atoms with Crippen molar-refractivity contribution in [2.24, 2.45) is 5.41 Å². The molecule has 2 saturated heterocycles. The molecule has 4 heteroatoms. The number of nitrogens with one attached hydrogen (secondary N) is 1. The first-order chi connectivity index (χ1) is 9.26. The Labute approximate surface area is 123 Å². The minimum Gasteiger partial charge on any atom is -0.316 e. The monoisotopic (exact) mass is 323 g/mol. The molecule has 1 atom stereocenters. The number of hydrogen-bond acceptors (Lipinski definition) is 3. The van der Waals surface area contributed by atoms with Crippen molar-refractivity contribution in [3.05, 3.63) is 28.5 Å². The molecule has 0 bridgehead atoms. The predicted molar refractivity (Wildman–Crippen MR) is 81.0 cm³/mol. The van der Waals surface area contributed by atoms with Crippen molar-refractivity contribution < 1.29 is 0 Å². The summed E-state index contributed by atoms with van der Waals surface area (Å²) in [4.78, 5) is 7.09. The molecule has 0 aromatic carbocycles. The van der Waals surface area contributed by atoms with E-state index in [-0.39, 0.29) is 0 Å². The van der Waals surface area contributed by atoms with Gasteiger partial charge >= 0.3 is 0 Å². The van der Waals surface area contributed by atoms with E-state index in [1.165, 1.54) is 57.6 Å². The quantitative estimate of drug-likeness (QED) is 0.907. The van der Waals surface area contributed by atoms with Crippen molar-refractivity contribution in [1.29, 1.82) is 0 Å². The average Bonchev–Trinajstić information content (AvgIpc) is 2.42. The average molecular weight is 324 g/mol. The van der Waals surface area contributed by atoms with Crippen LogP contribution in [0.5, 0.6) is 0 Å². The van der Waals surface area contributed by atoms with E-state index in [9.17, 15) is 0 Å². The van der Waals surface area contributed by atoms with E-state index in [2.05, 4.69) is 43.3 Å². The third-order valence-corrected chi connectivity index (χ3v) is 4.94. The lowest BCUT2D eigenvalue weighted by Crippen LogP contribution is -2.50. The highest BCUT2D eigenvalue weighted by atomic mass is 79.9. The maximum Gasteiger partial charge on any atom is 0.0544 e. The first kappa shape index (κ1) is 13.5. The molecule has 2 aliphatic heterocycles. The Morgan fingerprint density at radius 1 is 1.32 bits per heavy atom. The van der Waals surface area contributed by atoms with Crippen LogP contribution in [0.25, 0.3) is 0 Å². The van der Waals surface area contributed by atoms with Crippen molar-refractivity contribution in [1.82, 2.24) is 15.2 Å². The zero-order valence-corrected chi connectivity index (χ0v) is 13.0. The lowest BCUT2D eigenvalue weighted by atomic mass is 9.74. The maximum absolute atomic E-state index is 4.50. The second-order valence-corrected chi connectivity index (χ2v) is 6.98. The fourth-order valence-corrected chi connectivity index (χ4v) is 3.79. The number of halogens is 1. The predicted octanol–water partition coefficient (Wildman–Crippen LogP) is 2.81. The number of rotatable bonds is 2. The first-order valence-corrected chi connectivity index (χ1v) is 8.09. The first-order valence-electron chi connectivity index (χ1n) is 7.29. The van der Waals surface area contributed by atoms with Gasteiger partial charge in [-0.2, -0.15) is 0 Å². The Hall–Kier alpha value is -0.450. The zero-order valence-electron chi connectivity index (χ0n) is 11.4. The second-order valence-electron chi connectivity index (χ2n) is 6.06. The lowest BCUT2D eigenvalue weighted by molar-refractivity contribution is 0.0593. The molecule has 3 heterocycles.